The van der Waals surface area contributed by atoms with Gasteiger partial charge in [0, 0.05) is 39.8 Å². The quantitative estimate of drug-likeness (QED) is 0.0191. The van der Waals surface area contributed by atoms with Crippen molar-refractivity contribution in [3.05, 3.63) is 250 Å². The lowest BCUT2D eigenvalue weighted by atomic mass is 9.80. The third-order valence-electron chi connectivity index (χ3n) is 16.1. The Labute approximate surface area is 556 Å². The third-order valence-corrected chi connectivity index (χ3v) is 16.1. The van der Waals surface area contributed by atoms with Crippen LogP contribution in [-0.2, 0) is 81.6 Å². The number of hydrogen-bond donors (Lipinski definition) is 2. The maximum Gasteiger partial charge on any atom is 0.338 e. The highest BCUT2D eigenvalue weighted by Gasteiger charge is 2.60. The second-order valence-electron chi connectivity index (χ2n) is 22.8. The molecule has 0 saturated carbocycles. The summed E-state index contributed by atoms with van der Waals surface area (Å²) in [7, 11) is 0. The lowest BCUT2D eigenvalue weighted by Crippen LogP contribution is -2.70. The number of hydrogen-bond acceptors (Lipinski definition) is 23. The van der Waals surface area contributed by atoms with Gasteiger partial charge in [-0.3, -0.25) is 29.3 Å². The zero-order valence-electron chi connectivity index (χ0n) is 53.1. The van der Waals surface area contributed by atoms with E-state index in [0.717, 1.165) is 27.7 Å². The van der Waals surface area contributed by atoms with E-state index in [1.807, 2.05) is 91.0 Å². The summed E-state index contributed by atoms with van der Waals surface area (Å²) in [4.78, 5) is 108. The van der Waals surface area contributed by atoms with Crippen molar-refractivity contribution >= 4 is 47.4 Å². The number of carbonyl (C=O) groups is 7. The minimum Gasteiger partial charge on any atom is -0.463 e. The SMILES string of the molecule is CC(=O)NC1C(O[C@@H]2OC(COC(C)=O)[C@H](OC(C)=O)C(OC(C)=O)C2OC2O[C@@H](C)C(OC(=O)c3ccccc3)C(OC(=O)c3ccccc3)[C@@H]2OC(=O)c2ccccc2)[C@H](O)C(COC(c2ccccc2)(c2ccccc2)c2ccccc2)O[C@H]1Oc1ccc([N+](=O)[O-])cc1. The number of amides is 1. The Kier molecular flexibility index (Phi) is 22.9. The van der Waals surface area contributed by atoms with Crippen LogP contribution in [0.25, 0.3) is 0 Å². The number of aliphatic hydroxyl groups is 1. The summed E-state index contributed by atoms with van der Waals surface area (Å²) in [5.74, 6) is -6.53. The summed E-state index contributed by atoms with van der Waals surface area (Å²) in [5.41, 5.74) is 0.274. The van der Waals surface area contributed by atoms with Crippen LogP contribution in [0.4, 0.5) is 5.69 Å². The Balaban J connectivity index is 1.12. The molecule has 15 atom stereocenters. The highest BCUT2D eigenvalue weighted by atomic mass is 16.8. The standard InChI is InChI=1S/C72H70N2O23/c1-42-59(93-66(80)47-24-12-6-13-25-47)62(94-67(81)48-26-14-7-15-27-48)64(95-68(82)49-28-16-8-17-29-49)70(87-42)97-65-63(89-46(5)78)60(88-45(4)77)56(40-85-44(3)76)92-71(65)96-61-57(73-43(2)75)69(90-54-38-36-53(37-39-54)74(83)84)91-55(58(61)79)41-86-72(50-30-18-9-19-31-50,51-32-20-10-21-33-51)52-34-22-11-23-35-52/h6-39,42,55-65,69-71,79H,40-41H2,1-5H3,(H,73,75)/t42-,55?,56?,57?,58+,59?,60-,61?,62?,63?,64-,65?,69+,70?,71-/m0/s1. The van der Waals surface area contributed by atoms with Crippen LogP contribution in [0.15, 0.2) is 206 Å². The highest BCUT2D eigenvalue weighted by Crippen LogP contribution is 2.43. The van der Waals surface area contributed by atoms with E-state index in [4.69, 9.17) is 61.6 Å². The molecule has 7 aromatic carbocycles. The maximum atomic E-state index is 14.6. The van der Waals surface area contributed by atoms with E-state index in [0.29, 0.717) is 16.7 Å². The van der Waals surface area contributed by atoms with Gasteiger partial charge in [0.2, 0.25) is 12.2 Å². The molecule has 1 amide bonds. The lowest BCUT2D eigenvalue weighted by Gasteiger charge is -2.50. The van der Waals surface area contributed by atoms with Gasteiger partial charge in [-0.15, -0.1) is 0 Å². The van der Waals surface area contributed by atoms with Gasteiger partial charge in [-0.2, -0.15) is 0 Å². The first-order chi connectivity index (χ1) is 46.8. The summed E-state index contributed by atoms with van der Waals surface area (Å²) in [6, 6.07) is 54.1. The summed E-state index contributed by atoms with van der Waals surface area (Å²) in [5, 5.41) is 27.9. The minimum absolute atomic E-state index is 0.0155. The molecule has 0 bridgehead atoms. The predicted molar refractivity (Wildman–Crippen MR) is 339 cm³/mol. The van der Waals surface area contributed by atoms with E-state index in [9.17, 15) is 48.8 Å². The lowest BCUT2D eigenvalue weighted by molar-refractivity contribution is -0.384. The Morgan fingerprint density at radius 3 is 1.33 bits per heavy atom. The smallest absolute Gasteiger partial charge is 0.338 e. The van der Waals surface area contributed by atoms with Gasteiger partial charge in [0.1, 0.15) is 48.4 Å². The average Bonchev–Trinajstić information content (AvgIpc) is 0.762. The van der Waals surface area contributed by atoms with Crippen LogP contribution in [-0.4, -0.2) is 157 Å². The van der Waals surface area contributed by atoms with Crippen LogP contribution in [0.5, 0.6) is 5.75 Å². The molecule has 0 aliphatic carbocycles. The number of aliphatic hydroxyl groups excluding tert-OH is 1. The van der Waals surface area contributed by atoms with Gasteiger partial charge >= 0.3 is 35.8 Å². The van der Waals surface area contributed by atoms with Crippen LogP contribution < -0.4 is 10.1 Å². The molecular formula is C72H70N2O23. The fourth-order valence-corrected chi connectivity index (χ4v) is 11.7. The summed E-state index contributed by atoms with van der Waals surface area (Å²) in [6.07, 6.45) is -25.5. The first-order valence-electron chi connectivity index (χ1n) is 31.0. The molecule has 97 heavy (non-hydrogen) atoms. The molecule has 7 aromatic rings. The average molecular weight is 1330 g/mol. The molecule has 25 nitrogen and oxygen atoms in total. The van der Waals surface area contributed by atoms with Crippen LogP contribution in [0.2, 0.25) is 0 Å². The van der Waals surface area contributed by atoms with Crippen molar-refractivity contribution in [1.82, 2.24) is 5.32 Å². The molecule has 3 heterocycles. The molecule has 0 aromatic heterocycles. The Morgan fingerprint density at radius 2 is 0.876 bits per heavy atom. The van der Waals surface area contributed by atoms with Crippen LogP contribution in [0, 0.1) is 10.1 Å². The van der Waals surface area contributed by atoms with Crippen molar-refractivity contribution in [3.63, 3.8) is 0 Å². The molecule has 0 radical (unpaired) electrons. The monoisotopic (exact) mass is 1330 g/mol. The summed E-state index contributed by atoms with van der Waals surface area (Å²) < 4.78 is 83.8. The van der Waals surface area contributed by atoms with Gasteiger partial charge in [0.25, 0.3) is 5.69 Å². The number of nitrogens with one attached hydrogen (secondary N) is 1. The molecule has 2 N–H and O–H groups in total. The second kappa shape index (κ2) is 32.0. The summed E-state index contributed by atoms with van der Waals surface area (Å²) >= 11 is 0. The summed E-state index contributed by atoms with van der Waals surface area (Å²) in [6.45, 7) is 4.48. The number of benzene rings is 7. The number of carbonyl (C=O) groups excluding carboxylic acids is 7. The van der Waals surface area contributed by atoms with Gasteiger partial charge in [-0.25, -0.2) is 14.4 Å². The number of esters is 6. The number of nitro groups is 1. The first-order valence-corrected chi connectivity index (χ1v) is 31.0. The van der Waals surface area contributed by atoms with Gasteiger partial charge in [-0.05, 0) is 72.1 Å². The van der Waals surface area contributed by atoms with Gasteiger partial charge in [0.05, 0.1) is 34.3 Å². The molecule has 3 aliphatic rings. The molecular weight excluding hydrogens is 1260 g/mol. The fourth-order valence-electron chi connectivity index (χ4n) is 11.7. The number of rotatable bonds is 24. The second-order valence-corrected chi connectivity index (χ2v) is 22.8. The molecule has 3 fully saturated rings. The first kappa shape index (κ1) is 69.6. The van der Waals surface area contributed by atoms with E-state index in [-0.39, 0.29) is 28.1 Å². The van der Waals surface area contributed by atoms with E-state index < -0.39 is 158 Å². The molecule has 3 saturated heterocycles. The van der Waals surface area contributed by atoms with Crippen molar-refractivity contribution in [2.45, 2.75) is 132 Å². The van der Waals surface area contributed by atoms with E-state index in [1.54, 1.807) is 54.6 Å². The zero-order chi connectivity index (χ0) is 68.8. The minimum atomic E-state index is -2.12. The zero-order valence-corrected chi connectivity index (χ0v) is 53.1. The maximum absolute atomic E-state index is 14.6. The Hall–Kier alpha value is -10.3. The normalized spacial score (nSPS) is 25.4. The van der Waals surface area contributed by atoms with E-state index >= 15 is 0 Å². The Morgan fingerprint density at radius 1 is 0.464 bits per heavy atom. The van der Waals surface area contributed by atoms with Crippen LogP contribution >= 0.6 is 0 Å². The third kappa shape index (κ3) is 16.9. The number of nitrogens with zero attached hydrogens (tertiary/aromatic N) is 1. The van der Waals surface area contributed by atoms with Crippen molar-refractivity contribution < 1.29 is 105 Å². The van der Waals surface area contributed by atoms with Crippen molar-refractivity contribution in [2.75, 3.05) is 13.2 Å². The van der Waals surface area contributed by atoms with Crippen molar-refractivity contribution in [2.24, 2.45) is 0 Å². The van der Waals surface area contributed by atoms with Gasteiger partial charge < -0.3 is 72.0 Å². The van der Waals surface area contributed by atoms with Crippen molar-refractivity contribution in [1.29, 1.82) is 0 Å². The van der Waals surface area contributed by atoms with E-state index in [2.05, 4.69) is 5.32 Å². The van der Waals surface area contributed by atoms with Crippen molar-refractivity contribution in [3.8, 4) is 5.75 Å². The van der Waals surface area contributed by atoms with E-state index in [1.165, 1.54) is 67.6 Å². The fraction of sp³-hybridized carbons (Fsp3) is 0.319. The molecule has 25 heteroatoms. The predicted octanol–water partition coefficient (Wildman–Crippen LogP) is 7.92. The molecule has 506 valence electrons. The topological polar surface area (TPSA) is 315 Å². The molecule has 9 unspecified atom stereocenters. The Bertz CT molecular complexity index is 3720. The molecule has 10 rings (SSSR count). The van der Waals surface area contributed by atoms with Gasteiger partial charge in [-0.1, -0.05) is 146 Å². The van der Waals surface area contributed by atoms with Crippen LogP contribution in [0.1, 0.15) is 82.4 Å². The highest BCUT2D eigenvalue weighted by molar-refractivity contribution is 5.91. The largest absolute Gasteiger partial charge is 0.463 e. The molecule has 3 aliphatic heterocycles. The number of ether oxygens (including phenoxy) is 13. The molecule has 0 spiro atoms. The van der Waals surface area contributed by atoms with Crippen LogP contribution in [0.3, 0.4) is 0 Å². The number of non-ortho nitro benzene ring substituents is 1. The van der Waals surface area contributed by atoms with Gasteiger partial charge in [0.15, 0.2) is 49.2 Å². The number of nitro benzene ring substituents is 1.